The minimum atomic E-state index is 0.579. The molecule has 0 N–H and O–H groups in total. The minimum absolute atomic E-state index is 0.579. The van der Waals surface area contributed by atoms with Crippen molar-refractivity contribution in [2.45, 2.75) is 33.1 Å². The van der Waals surface area contributed by atoms with Crippen LogP contribution < -0.4 is 4.90 Å². The van der Waals surface area contributed by atoms with E-state index in [1.165, 1.54) is 12.8 Å². The van der Waals surface area contributed by atoms with Gasteiger partial charge in [-0.3, -0.25) is 0 Å². The lowest BCUT2D eigenvalue weighted by Gasteiger charge is -2.34. The number of aryl methyl sites for hydroxylation is 1. The van der Waals surface area contributed by atoms with Gasteiger partial charge in [0.15, 0.2) is 0 Å². The second kappa shape index (κ2) is 6.53. The van der Waals surface area contributed by atoms with Gasteiger partial charge in [-0.15, -0.1) is 0 Å². The third kappa shape index (κ3) is 3.37. The minimum Gasteiger partial charge on any atom is -0.384 e. The van der Waals surface area contributed by atoms with E-state index in [9.17, 15) is 0 Å². The molecule has 1 unspecified atom stereocenters. The van der Waals surface area contributed by atoms with E-state index in [0.29, 0.717) is 11.1 Å². The number of piperidine rings is 1. The lowest BCUT2D eigenvalue weighted by Crippen LogP contribution is -2.38. The van der Waals surface area contributed by atoms with Gasteiger partial charge < -0.3 is 9.64 Å². The summed E-state index contributed by atoms with van der Waals surface area (Å²) >= 11 is 6.21. The van der Waals surface area contributed by atoms with Crippen LogP contribution in [0.3, 0.4) is 0 Å². The van der Waals surface area contributed by atoms with Crippen LogP contribution in [0.5, 0.6) is 0 Å². The smallest absolute Gasteiger partial charge is 0.137 e. The summed E-state index contributed by atoms with van der Waals surface area (Å²) < 4.78 is 5.28. The predicted octanol–water partition coefficient (Wildman–Crippen LogP) is 2.86. The first-order valence-corrected chi connectivity index (χ1v) is 7.30. The van der Waals surface area contributed by atoms with E-state index in [1.807, 2.05) is 6.92 Å². The quantitative estimate of drug-likeness (QED) is 0.797. The predicted molar refractivity (Wildman–Crippen MR) is 78.0 cm³/mol. The van der Waals surface area contributed by atoms with E-state index >= 15 is 0 Å². The zero-order chi connectivity index (χ0) is 13.8. The Morgan fingerprint density at radius 2 is 2.21 bits per heavy atom. The van der Waals surface area contributed by atoms with Gasteiger partial charge in [-0.25, -0.2) is 9.97 Å². The van der Waals surface area contributed by atoms with Gasteiger partial charge in [-0.2, -0.15) is 0 Å². The highest BCUT2D eigenvalue weighted by atomic mass is 35.5. The Hall–Kier alpha value is -0.870. The van der Waals surface area contributed by atoms with Crippen LogP contribution in [0.4, 0.5) is 5.82 Å². The van der Waals surface area contributed by atoms with E-state index in [0.717, 1.165) is 43.3 Å². The molecule has 1 aromatic heterocycles. The van der Waals surface area contributed by atoms with Gasteiger partial charge in [0, 0.05) is 32.2 Å². The monoisotopic (exact) mass is 283 g/mol. The number of nitrogens with zero attached hydrogens (tertiary/aromatic N) is 3. The number of ether oxygens (including phenoxy) is 1. The van der Waals surface area contributed by atoms with Gasteiger partial charge >= 0.3 is 0 Å². The molecule has 0 aromatic carbocycles. The SMILES string of the molecule is CCc1nc(Cl)c(C)c(N2CCCC(COC)C2)n1. The fourth-order valence-corrected chi connectivity index (χ4v) is 2.80. The van der Waals surface area contributed by atoms with Gasteiger partial charge in [-0.05, 0) is 25.7 Å². The highest BCUT2D eigenvalue weighted by Crippen LogP contribution is 2.28. The molecule has 1 atom stereocenters. The maximum Gasteiger partial charge on any atom is 0.137 e. The normalized spacial score (nSPS) is 19.8. The summed E-state index contributed by atoms with van der Waals surface area (Å²) in [5.41, 5.74) is 0.983. The van der Waals surface area contributed by atoms with Crippen molar-refractivity contribution < 1.29 is 4.74 Å². The van der Waals surface area contributed by atoms with Crippen molar-refractivity contribution in [2.75, 3.05) is 31.7 Å². The van der Waals surface area contributed by atoms with Gasteiger partial charge in [0.1, 0.15) is 16.8 Å². The summed E-state index contributed by atoms with van der Waals surface area (Å²) in [4.78, 5) is 11.3. The molecule has 19 heavy (non-hydrogen) atoms. The van der Waals surface area contributed by atoms with Crippen LogP contribution in [0.15, 0.2) is 0 Å². The van der Waals surface area contributed by atoms with Crippen LogP contribution in [0.25, 0.3) is 0 Å². The molecule has 2 rings (SSSR count). The molecular formula is C14H22ClN3O. The van der Waals surface area contributed by atoms with Gasteiger partial charge in [0.25, 0.3) is 0 Å². The molecule has 0 amide bonds. The average molecular weight is 284 g/mol. The van der Waals surface area contributed by atoms with E-state index < -0.39 is 0 Å². The zero-order valence-electron chi connectivity index (χ0n) is 11.9. The molecule has 1 aromatic rings. The van der Waals surface area contributed by atoms with Crippen LogP contribution in [0.2, 0.25) is 5.15 Å². The first-order chi connectivity index (χ1) is 9.15. The second-order valence-corrected chi connectivity index (χ2v) is 5.50. The highest BCUT2D eigenvalue weighted by Gasteiger charge is 2.23. The molecular weight excluding hydrogens is 262 g/mol. The van der Waals surface area contributed by atoms with E-state index in [4.69, 9.17) is 16.3 Å². The maximum atomic E-state index is 6.21. The number of rotatable bonds is 4. The molecule has 0 saturated carbocycles. The fraction of sp³-hybridized carbons (Fsp3) is 0.714. The Kier molecular flexibility index (Phi) is 4.99. The Morgan fingerprint density at radius 1 is 1.42 bits per heavy atom. The van der Waals surface area contributed by atoms with Crippen molar-refractivity contribution >= 4 is 17.4 Å². The third-order valence-corrected chi connectivity index (χ3v) is 4.01. The van der Waals surface area contributed by atoms with Gasteiger partial charge in [-0.1, -0.05) is 18.5 Å². The molecule has 2 heterocycles. The van der Waals surface area contributed by atoms with E-state index in [1.54, 1.807) is 7.11 Å². The van der Waals surface area contributed by atoms with Crippen molar-refractivity contribution in [2.24, 2.45) is 5.92 Å². The number of methoxy groups -OCH3 is 1. The topological polar surface area (TPSA) is 38.2 Å². The summed E-state index contributed by atoms with van der Waals surface area (Å²) in [5, 5.41) is 0.579. The Morgan fingerprint density at radius 3 is 2.89 bits per heavy atom. The Bertz CT molecular complexity index is 437. The van der Waals surface area contributed by atoms with Crippen molar-refractivity contribution in [3.8, 4) is 0 Å². The summed E-state index contributed by atoms with van der Waals surface area (Å²) in [6.07, 6.45) is 3.21. The third-order valence-electron chi connectivity index (χ3n) is 3.64. The molecule has 106 valence electrons. The number of aromatic nitrogens is 2. The Labute approximate surface area is 120 Å². The second-order valence-electron chi connectivity index (χ2n) is 5.14. The van der Waals surface area contributed by atoms with Gasteiger partial charge in [0.05, 0.1) is 6.61 Å². The van der Waals surface area contributed by atoms with Crippen LogP contribution in [0.1, 0.15) is 31.2 Å². The molecule has 0 bridgehead atoms. The number of hydrogen-bond donors (Lipinski definition) is 0. The largest absolute Gasteiger partial charge is 0.384 e. The lowest BCUT2D eigenvalue weighted by molar-refractivity contribution is 0.143. The van der Waals surface area contributed by atoms with E-state index in [-0.39, 0.29) is 0 Å². The fourth-order valence-electron chi connectivity index (χ4n) is 2.62. The Balaban J connectivity index is 2.22. The van der Waals surface area contributed by atoms with Gasteiger partial charge in [0.2, 0.25) is 0 Å². The van der Waals surface area contributed by atoms with Crippen molar-refractivity contribution in [3.63, 3.8) is 0 Å². The molecule has 1 fully saturated rings. The number of hydrogen-bond acceptors (Lipinski definition) is 4. The summed E-state index contributed by atoms with van der Waals surface area (Å²) in [7, 11) is 1.76. The van der Waals surface area contributed by atoms with Crippen LogP contribution in [-0.2, 0) is 11.2 Å². The molecule has 0 radical (unpaired) electrons. The van der Waals surface area contributed by atoms with Crippen LogP contribution in [-0.4, -0.2) is 36.8 Å². The molecule has 1 saturated heterocycles. The first-order valence-electron chi connectivity index (χ1n) is 6.92. The highest BCUT2D eigenvalue weighted by molar-refractivity contribution is 6.30. The van der Waals surface area contributed by atoms with Crippen LogP contribution >= 0.6 is 11.6 Å². The molecule has 5 heteroatoms. The average Bonchev–Trinajstić information content (AvgIpc) is 2.42. The van der Waals surface area contributed by atoms with Crippen LogP contribution in [0, 0.1) is 12.8 Å². The number of anilines is 1. The summed E-state index contributed by atoms with van der Waals surface area (Å²) in [6, 6.07) is 0. The number of halogens is 1. The molecule has 1 aliphatic rings. The summed E-state index contributed by atoms with van der Waals surface area (Å²) in [5.74, 6) is 2.40. The molecule has 0 spiro atoms. The van der Waals surface area contributed by atoms with E-state index in [2.05, 4.69) is 21.8 Å². The lowest BCUT2D eigenvalue weighted by atomic mass is 9.99. The maximum absolute atomic E-state index is 6.21. The van der Waals surface area contributed by atoms with Crippen molar-refractivity contribution in [1.82, 2.24) is 9.97 Å². The summed E-state index contributed by atoms with van der Waals surface area (Å²) in [6.45, 7) is 6.89. The molecule has 4 nitrogen and oxygen atoms in total. The van der Waals surface area contributed by atoms with Crippen molar-refractivity contribution in [1.29, 1.82) is 0 Å². The molecule has 1 aliphatic heterocycles. The standard InChI is InChI=1S/C14H22ClN3O/c1-4-12-16-13(15)10(2)14(17-12)18-7-5-6-11(8-18)9-19-3/h11H,4-9H2,1-3H3. The van der Waals surface area contributed by atoms with Crippen molar-refractivity contribution in [3.05, 3.63) is 16.5 Å². The first kappa shape index (κ1) is 14.5. The zero-order valence-corrected chi connectivity index (χ0v) is 12.7. The molecule has 0 aliphatic carbocycles.